The lowest BCUT2D eigenvalue weighted by atomic mass is 9.90. The van der Waals surface area contributed by atoms with Crippen molar-refractivity contribution >= 4 is 18.0 Å². The number of carbonyl (C=O) groups excluding carboxylic acids is 2. The first-order valence-electron chi connectivity index (χ1n) is 9.65. The normalized spacial score (nSPS) is 10.8. The smallest absolute Gasteiger partial charge is 0.259 e. The van der Waals surface area contributed by atoms with E-state index in [1.54, 1.807) is 18.2 Å². The molecule has 0 radical (unpaired) electrons. The van der Waals surface area contributed by atoms with Crippen molar-refractivity contribution in [3.63, 3.8) is 0 Å². The maximum absolute atomic E-state index is 12.9. The summed E-state index contributed by atoms with van der Waals surface area (Å²) in [5, 5.41) is 16.5. The molecule has 0 saturated carbocycles. The van der Waals surface area contributed by atoms with Crippen molar-refractivity contribution < 1.29 is 19.4 Å². The van der Waals surface area contributed by atoms with Gasteiger partial charge in [-0.15, -0.1) is 0 Å². The molecule has 0 fully saturated rings. The first-order valence-corrected chi connectivity index (χ1v) is 9.65. The molecule has 7 nitrogen and oxygen atoms in total. The average Bonchev–Trinajstić information content (AvgIpc) is 2.80. The number of methoxy groups -OCH3 is 1. The van der Waals surface area contributed by atoms with Crippen molar-refractivity contribution in [2.45, 2.75) is 5.92 Å². The van der Waals surface area contributed by atoms with Gasteiger partial charge in [0.2, 0.25) is 5.91 Å². The molecular weight excluding hydrogens is 394 g/mol. The maximum atomic E-state index is 12.9. The van der Waals surface area contributed by atoms with Gasteiger partial charge in [-0.1, -0.05) is 66.7 Å². The summed E-state index contributed by atoms with van der Waals surface area (Å²) in [6, 6.07) is 23.7. The van der Waals surface area contributed by atoms with Gasteiger partial charge in [-0.2, -0.15) is 5.10 Å². The summed E-state index contributed by atoms with van der Waals surface area (Å²) in [6.45, 7) is -0.240. The molecule has 0 saturated heterocycles. The van der Waals surface area contributed by atoms with Gasteiger partial charge in [-0.25, -0.2) is 5.43 Å². The molecule has 0 aliphatic rings. The zero-order valence-electron chi connectivity index (χ0n) is 17.0. The highest BCUT2D eigenvalue weighted by Gasteiger charge is 2.22. The van der Waals surface area contributed by atoms with E-state index in [0.717, 1.165) is 11.1 Å². The van der Waals surface area contributed by atoms with Crippen LogP contribution in [0, 0.1) is 0 Å². The summed E-state index contributed by atoms with van der Waals surface area (Å²) in [5.41, 5.74) is 4.38. The first kappa shape index (κ1) is 21.6. The number of carbonyl (C=O) groups is 2. The Hall–Kier alpha value is -4.13. The molecular formula is C24H23N3O4. The number of nitrogens with zero attached hydrogens (tertiary/aromatic N) is 1. The molecule has 0 bridgehead atoms. The molecule has 0 atom stereocenters. The summed E-state index contributed by atoms with van der Waals surface area (Å²) in [4.78, 5) is 25.0. The average molecular weight is 417 g/mol. The summed E-state index contributed by atoms with van der Waals surface area (Å²) in [6.07, 6.45) is 1.30. The largest absolute Gasteiger partial charge is 0.504 e. The number of nitrogens with one attached hydrogen (secondary N) is 2. The number of benzene rings is 3. The Bertz CT molecular complexity index is 1010. The van der Waals surface area contributed by atoms with E-state index >= 15 is 0 Å². The highest BCUT2D eigenvalue weighted by molar-refractivity contribution is 5.91. The van der Waals surface area contributed by atoms with Crippen LogP contribution >= 0.6 is 0 Å². The predicted octanol–water partition coefficient (Wildman–Crippen LogP) is 2.80. The number of aromatic hydroxyl groups is 1. The minimum Gasteiger partial charge on any atom is -0.504 e. The zero-order chi connectivity index (χ0) is 22.1. The van der Waals surface area contributed by atoms with Crippen molar-refractivity contribution in [2.24, 2.45) is 5.10 Å². The molecule has 0 aromatic heterocycles. The molecule has 158 valence electrons. The molecule has 0 spiro atoms. The van der Waals surface area contributed by atoms with Crippen LogP contribution in [-0.2, 0) is 9.59 Å². The van der Waals surface area contributed by atoms with Gasteiger partial charge in [-0.05, 0) is 23.3 Å². The molecule has 0 unspecified atom stereocenters. The van der Waals surface area contributed by atoms with E-state index in [4.69, 9.17) is 4.74 Å². The van der Waals surface area contributed by atoms with Crippen LogP contribution in [0.1, 0.15) is 22.6 Å². The van der Waals surface area contributed by atoms with E-state index in [-0.39, 0.29) is 18.2 Å². The molecule has 3 aromatic carbocycles. The van der Waals surface area contributed by atoms with E-state index in [0.29, 0.717) is 11.3 Å². The van der Waals surface area contributed by atoms with Crippen LogP contribution in [0.4, 0.5) is 0 Å². The SMILES string of the molecule is COc1cccc(/C=N\NC(=O)CNC(=O)C(c2ccccc2)c2ccccc2)c1O. The molecule has 0 heterocycles. The molecule has 3 aromatic rings. The molecule has 31 heavy (non-hydrogen) atoms. The van der Waals surface area contributed by atoms with Gasteiger partial charge in [-0.3, -0.25) is 9.59 Å². The van der Waals surface area contributed by atoms with Gasteiger partial charge in [0.05, 0.1) is 25.8 Å². The van der Waals surface area contributed by atoms with Crippen LogP contribution in [-0.4, -0.2) is 36.8 Å². The van der Waals surface area contributed by atoms with E-state index in [1.807, 2.05) is 60.7 Å². The third-order valence-electron chi connectivity index (χ3n) is 4.59. The van der Waals surface area contributed by atoms with Crippen LogP contribution in [0.2, 0.25) is 0 Å². The number of hydrogen-bond donors (Lipinski definition) is 3. The lowest BCUT2D eigenvalue weighted by molar-refractivity contribution is -0.126. The lowest BCUT2D eigenvalue weighted by Crippen LogP contribution is -2.37. The van der Waals surface area contributed by atoms with E-state index in [2.05, 4.69) is 15.8 Å². The Morgan fingerprint density at radius 2 is 1.58 bits per heavy atom. The van der Waals surface area contributed by atoms with Gasteiger partial charge in [0.25, 0.3) is 5.91 Å². The number of hydrazone groups is 1. The Kier molecular flexibility index (Phi) is 7.37. The molecule has 0 aliphatic heterocycles. The fraction of sp³-hybridized carbons (Fsp3) is 0.125. The van der Waals surface area contributed by atoms with Crippen molar-refractivity contribution in [1.82, 2.24) is 10.7 Å². The van der Waals surface area contributed by atoms with Crippen LogP contribution in [0.3, 0.4) is 0 Å². The molecule has 0 aliphatic carbocycles. The summed E-state index contributed by atoms with van der Waals surface area (Å²) < 4.78 is 5.03. The van der Waals surface area contributed by atoms with Crippen molar-refractivity contribution in [3.8, 4) is 11.5 Å². The van der Waals surface area contributed by atoms with Gasteiger partial charge < -0.3 is 15.2 Å². The number of ether oxygens (including phenoxy) is 1. The van der Waals surface area contributed by atoms with E-state index in [1.165, 1.54) is 13.3 Å². The Labute approximate surface area is 180 Å². The standard InChI is InChI=1S/C24H23N3O4/c1-31-20-14-8-13-19(23(20)29)15-26-27-21(28)16-25-24(30)22(17-9-4-2-5-10-17)18-11-6-3-7-12-18/h2-15,22,29H,16H2,1H3,(H,25,30)(H,27,28)/b26-15-. The number of phenolic OH excluding ortho intramolecular Hbond substituents is 1. The number of para-hydroxylation sites is 1. The first-order chi connectivity index (χ1) is 15.1. The van der Waals surface area contributed by atoms with Crippen molar-refractivity contribution in [1.29, 1.82) is 0 Å². The van der Waals surface area contributed by atoms with Crippen LogP contribution in [0.25, 0.3) is 0 Å². The minimum atomic E-state index is -0.535. The number of phenols is 1. The third kappa shape index (κ3) is 5.70. The topological polar surface area (TPSA) is 100 Å². The molecule has 3 rings (SSSR count). The Morgan fingerprint density at radius 1 is 0.968 bits per heavy atom. The van der Waals surface area contributed by atoms with Crippen molar-refractivity contribution in [3.05, 3.63) is 95.6 Å². The molecule has 2 amide bonds. The maximum Gasteiger partial charge on any atom is 0.259 e. The third-order valence-corrected chi connectivity index (χ3v) is 4.59. The summed E-state index contributed by atoms with van der Waals surface area (Å²) in [7, 11) is 1.44. The minimum absolute atomic E-state index is 0.0788. The van der Waals surface area contributed by atoms with Crippen molar-refractivity contribution in [2.75, 3.05) is 13.7 Å². The second-order valence-electron chi connectivity index (χ2n) is 6.66. The fourth-order valence-corrected chi connectivity index (χ4v) is 3.08. The Balaban J connectivity index is 1.61. The van der Waals surface area contributed by atoms with Crippen LogP contribution in [0.15, 0.2) is 84.0 Å². The number of amides is 2. The van der Waals surface area contributed by atoms with E-state index in [9.17, 15) is 14.7 Å². The second-order valence-corrected chi connectivity index (χ2v) is 6.66. The zero-order valence-corrected chi connectivity index (χ0v) is 17.0. The van der Waals surface area contributed by atoms with Gasteiger partial charge in [0.15, 0.2) is 11.5 Å². The van der Waals surface area contributed by atoms with Gasteiger partial charge in [0.1, 0.15) is 0 Å². The van der Waals surface area contributed by atoms with E-state index < -0.39 is 11.8 Å². The monoisotopic (exact) mass is 417 g/mol. The second kappa shape index (κ2) is 10.6. The molecule has 3 N–H and O–H groups in total. The molecule has 7 heteroatoms. The highest BCUT2D eigenvalue weighted by Crippen LogP contribution is 2.28. The van der Waals surface area contributed by atoms with Gasteiger partial charge in [0, 0.05) is 5.56 Å². The highest BCUT2D eigenvalue weighted by atomic mass is 16.5. The summed E-state index contributed by atoms with van der Waals surface area (Å²) in [5.74, 6) is -1.10. The van der Waals surface area contributed by atoms with Gasteiger partial charge >= 0.3 is 0 Å². The predicted molar refractivity (Wildman–Crippen MR) is 118 cm³/mol. The number of hydrogen-bond acceptors (Lipinski definition) is 5. The van der Waals surface area contributed by atoms with Crippen LogP contribution in [0.5, 0.6) is 11.5 Å². The summed E-state index contributed by atoms with van der Waals surface area (Å²) >= 11 is 0. The number of rotatable bonds is 8. The quantitative estimate of drug-likeness (QED) is 0.388. The lowest BCUT2D eigenvalue weighted by Gasteiger charge is -2.17. The Morgan fingerprint density at radius 3 is 2.16 bits per heavy atom. The van der Waals surface area contributed by atoms with Crippen LogP contribution < -0.4 is 15.5 Å². The fourth-order valence-electron chi connectivity index (χ4n) is 3.08.